The number of aromatic nitrogens is 2. The van der Waals surface area contributed by atoms with Crippen molar-refractivity contribution in [3.8, 4) is 17.0 Å². The van der Waals surface area contributed by atoms with Crippen LogP contribution < -0.4 is 0 Å². The summed E-state index contributed by atoms with van der Waals surface area (Å²) in [6, 6.07) is 5.82. The lowest BCUT2D eigenvalue weighted by atomic mass is 10.1. The average molecular weight is 240 g/mol. The first-order valence-corrected chi connectivity index (χ1v) is 4.66. The molecule has 0 radical (unpaired) electrons. The first kappa shape index (κ1) is 11.4. The van der Waals surface area contributed by atoms with Crippen LogP contribution in [0.15, 0.2) is 36.5 Å². The molecule has 2 rings (SSSR count). The highest BCUT2D eigenvalue weighted by Gasteiger charge is 2.29. The predicted octanol–water partition coefficient (Wildman–Crippen LogP) is 2.87. The van der Waals surface area contributed by atoms with Gasteiger partial charge in [0.15, 0.2) is 0 Å². The average Bonchev–Trinajstić information content (AvgIpc) is 2.28. The first-order chi connectivity index (χ1) is 7.97. The fourth-order valence-electron chi connectivity index (χ4n) is 1.33. The summed E-state index contributed by atoms with van der Waals surface area (Å²) < 4.78 is 37.0. The Morgan fingerprint density at radius 1 is 1.06 bits per heavy atom. The number of benzene rings is 1. The van der Waals surface area contributed by atoms with E-state index in [1.165, 1.54) is 18.2 Å². The van der Waals surface area contributed by atoms with Crippen molar-refractivity contribution in [1.82, 2.24) is 10.2 Å². The predicted molar refractivity (Wildman–Crippen MR) is 54.1 cm³/mol. The third-order valence-electron chi connectivity index (χ3n) is 2.15. The molecule has 0 unspecified atom stereocenters. The van der Waals surface area contributed by atoms with Crippen LogP contribution in [-0.4, -0.2) is 15.3 Å². The molecule has 1 heterocycles. The minimum absolute atomic E-state index is 0.0881. The molecule has 0 atom stereocenters. The van der Waals surface area contributed by atoms with E-state index in [2.05, 4.69) is 10.2 Å². The van der Waals surface area contributed by atoms with Crippen molar-refractivity contribution >= 4 is 0 Å². The van der Waals surface area contributed by atoms with Crippen LogP contribution in [0.5, 0.6) is 5.75 Å². The molecule has 0 amide bonds. The van der Waals surface area contributed by atoms with Gasteiger partial charge in [-0.15, -0.1) is 0 Å². The maximum absolute atomic E-state index is 12.3. The van der Waals surface area contributed by atoms with Crippen LogP contribution in [0.3, 0.4) is 0 Å². The maximum Gasteiger partial charge on any atom is 0.416 e. The molecule has 0 fully saturated rings. The zero-order valence-corrected chi connectivity index (χ0v) is 8.44. The van der Waals surface area contributed by atoms with Crippen LogP contribution in [0.4, 0.5) is 13.2 Å². The fourth-order valence-corrected chi connectivity index (χ4v) is 1.33. The summed E-state index contributed by atoms with van der Waals surface area (Å²) in [5, 5.41) is 16.4. The van der Waals surface area contributed by atoms with Crippen molar-refractivity contribution in [2.24, 2.45) is 0 Å². The lowest BCUT2D eigenvalue weighted by Gasteiger charge is -2.07. The van der Waals surface area contributed by atoms with Crippen LogP contribution in [0, 0.1) is 0 Å². The highest BCUT2D eigenvalue weighted by Crippen LogP contribution is 2.30. The van der Waals surface area contributed by atoms with Crippen molar-refractivity contribution in [3.05, 3.63) is 42.1 Å². The van der Waals surface area contributed by atoms with Gasteiger partial charge < -0.3 is 5.11 Å². The second kappa shape index (κ2) is 4.04. The third kappa shape index (κ3) is 2.52. The Hall–Kier alpha value is -2.11. The third-order valence-corrected chi connectivity index (χ3v) is 2.15. The Bertz CT molecular complexity index is 523. The smallest absolute Gasteiger partial charge is 0.416 e. The molecule has 0 saturated heterocycles. The first-order valence-electron chi connectivity index (χ1n) is 4.66. The molecule has 2 aromatic rings. The van der Waals surface area contributed by atoms with Crippen LogP contribution in [-0.2, 0) is 6.18 Å². The number of rotatable bonds is 1. The number of hydrogen-bond donors (Lipinski definition) is 1. The molecule has 0 aliphatic carbocycles. The fraction of sp³-hybridized carbons (Fsp3) is 0.0909. The summed E-state index contributed by atoms with van der Waals surface area (Å²) in [6.45, 7) is 0. The molecule has 1 N–H and O–H groups in total. The van der Waals surface area contributed by atoms with Gasteiger partial charge >= 0.3 is 6.18 Å². The summed E-state index contributed by atoms with van der Waals surface area (Å²) >= 11 is 0. The van der Waals surface area contributed by atoms with Gasteiger partial charge in [0, 0.05) is 11.6 Å². The van der Waals surface area contributed by atoms with Gasteiger partial charge in [-0.25, -0.2) is 0 Å². The molecule has 17 heavy (non-hydrogen) atoms. The number of alkyl halides is 3. The highest BCUT2D eigenvalue weighted by atomic mass is 19.4. The van der Waals surface area contributed by atoms with Gasteiger partial charge in [-0.1, -0.05) is 12.1 Å². The van der Waals surface area contributed by atoms with E-state index in [4.69, 9.17) is 0 Å². The van der Waals surface area contributed by atoms with Gasteiger partial charge in [-0.05, 0) is 12.1 Å². The molecule has 0 bridgehead atoms. The van der Waals surface area contributed by atoms with Crippen molar-refractivity contribution in [2.75, 3.05) is 0 Å². The van der Waals surface area contributed by atoms with Crippen LogP contribution in [0.2, 0.25) is 0 Å². The molecule has 1 aromatic heterocycles. The van der Waals surface area contributed by atoms with E-state index in [-0.39, 0.29) is 5.75 Å². The van der Waals surface area contributed by atoms with Crippen LogP contribution in [0.25, 0.3) is 11.3 Å². The van der Waals surface area contributed by atoms with E-state index in [1.807, 2.05) is 0 Å². The summed E-state index contributed by atoms with van der Waals surface area (Å²) in [5.74, 6) is -0.0881. The monoisotopic (exact) mass is 240 g/mol. The minimum atomic E-state index is -4.36. The summed E-state index contributed by atoms with van der Waals surface area (Å²) in [6.07, 6.45) is -3.21. The van der Waals surface area contributed by atoms with E-state index in [0.717, 1.165) is 18.3 Å². The van der Waals surface area contributed by atoms with Crippen LogP contribution in [0.1, 0.15) is 5.56 Å². The molecule has 1 aromatic carbocycles. The highest BCUT2D eigenvalue weighted by molar-refractivity contribution is 5.60. The Morgan fingerprint density at radius 3 is 2.24 bits per heavy atom. The second-order valence-corrected chi connectivity index (χ2v) is 3.37. The maximum atomic E-state index is 12.3. The lowest BCUT2D eigenvalue weighted by molar-refractivity contribution is -0.137. The van der Waals surface area contributed by atoms with Gasteiger partial charge in [0.1, 0.15) is 5.75 Å². The topological polar surface area (TPSA) is 46.0 Å². The summed E-state index contributed by atoms with van der Waals surface area (Å²) in [7, 11) is 0. The molecule has 0 aliphatic heterocycles. The molecular weight excluding hydrogens is 233 g/mol. The summed E-state index contributed by atoms with van der Waals surface area (Å²) in [5.41, 5.74) is 0.0505. The lowest BCUT2D eigenvalue weighted by Crippen LogP contribution is -2.04. The van der Waals surface area contributed by atoms with E-state index in [0.29, 0.717) is 11.3 Å². The van der Waals surface area contributed by atoms with Crippen molar-refractivity contribution in [2.45, 2.75) is 6.18 Å². The van der Waals surface area contributed by atoms with Gasteiger partial charge in [-0.3, -0.25) is 0 Å². The minimum Gasteiger partial charge on any atom is -0.506 e. The largest absolute Gasteiger partial charge is 0.506 e. The molecule has 0 saturated carbocycles. The normalized spacial score (nSPS) is 11.5. The molecule has 6 heteroatoms. The zero-order valence-electron chi connectivity index (χ0n) is 8.44. The molecular formula is C11H7F3N2O. The van der Waals surface area contributed by atoms with Gasteiger partial charge in [-0.2, -0.15) is 23.4 Å². The second-order valence-electron chi connectivity index (χ2n) is 3.37. The number of halogens is 3. The van der Waals surface area contributed by atoms with E-state index in [9.17, 15) is 18.3 Å². The van der Waals surface area contributed by atoms with Crippen molar-refractivity contribution in [1.29, 1.82) is 0 Å². The standard InChI is InChI=1S/C11H7F3N2O/c12-11(13,14)8-3-1-7(2-4-8)10-5-9(17)6-15-16-10/h1-6H,(H,16,17). The van der Waals surface area contributed by atoms with Gasteiger partial charge in [0.05, 0.1) is 17.5 Å². The van der Waals surface area contributed by atoms with Crippen molar-refractivity contribution in [3.63, 3.8) is 0 Å². The Morgan fingerprint density at radius 2 is 1.71 bits per heavy atom. The van der Waals surface area contributed by atoms with E-state index >= 15 is 0 Å². The van der Waals surface area contributed by atoms with E-state index < -0.39 is 11.7 Å². The SMILES string of the molecule is Oc1cnnc(-c2ccc(C(F)(F)F)cc2)c1. The van der Waals surface area contributed by atoms with E-state index in [1.54, 1.807) is 0 Å². The zero-order chi connectivity index (χ0) is 12.5. The molecule has 0 spiro atoms. The van der Waals surface area contributed by atoms with Gasteiger partial charge in [0.25, 0.3) is 0 Å². The Labute approximate surface area is 94.6 Å². The van der Waals surface area contributed by atoms with Crippen LogP contribution >= 0.6 is 0 Å². The van der Waals surface area contributed by atoms with Crippen molar-refractivity contribution < 1.29 is 18.3 Å². The molecule has 3 nitrogen and oxygen atoms in total. The number of hydrogen-bond acceptors (Lipinski definition) is 3. The Balaban J connectivity index is 2.36. The van der Waals surface area contributed by atoms with Gasteiger partial charge in [0.2, 0.25) is 0 Å². The summed E-state index contributed by atoms with van der Waals surface area (Å²) in [4.78, 5) is 0. The molecule has 88 valence electrons. The Kier molecular flexibility index (Phi) is 2.71. The molecule has 0 aliphatic rings. The number of aromatic hydroxyl groups is 1. The quantitative estimate of drug-likeness (QED) is 0.833. The number of nitrogens with zero attached hydrogens (tertiary/aromatic N) is 2.